The van der Waals surface area contributed by atoms with Gasteiger partial charge in [-0.05, 0) is 17.0 Å². The molecule has 7 nitrogen and oxygen atoms in total. The third-order valence-electron chi connectivity index (χ3n) is 6.99. The molecule has 8 heteroatoms. The molecular weight excluding hydrogens is 462 g/mol. The quantitative estimate of drug-likeness (QED) is 0.492. The maximum absolute atomic E-state index is 13.5. The average Bonchev–Trinajstić information content (AvgIpc) is 3.25. The fraction of sp³-hybridized carbons (Fsp3) is 0.370. The van der Waals surface area contributed by atoms with E-state index in [-0.39, 0.29) is 18.1 Å². The standard InChI is InChI=1S/C27H31N3O4S/c1-21(31)34-26-20-28(18-22-8-3-2-4-9-22)19-25(26)29-14-16-30(17-15-29)35(32,33)27-13-7-11-23-10-5-6-12-24(23)27/h2-13,25-26H,14-20H2,1H3/t25-,26-/m1/s1. The molecule has 0 unspecified atom stereocenters. The second-order valence-corrected chi connectivity index (χ2v) is 11.2. The van der Waals surface area contributed by atoms with Crippen LogP contribution in [-0.2, 0) is 26.1 Å². The number of benzene rings is 3. The Kier molecular flexibility index (Phi) is 6.88. The van der Waals surface area contributed by atoms with Crippen LogP contribution in [0.3, 0.4) is 0 Å². The number of sulfonamides is 1. The van der Waals surface area contributed by atoms with Crippen molar-refractivity contribution in [1.29, 1.82) is 0 Å². The molecule has 184 valence electrons. The van der Waals surface area contributed by atoms with Gasteiger partial charge in [0.15, 0.2) is 0 Å². The molecule has 0 aliphatic carbocycles. The second-order valence-electron chi connectivity index (χ2n) is 9.31. The van der Waals surface area contributed by atoms with Gasteiger partial charge in [-0.1, -0.05) is 66.7 Å². The molecule has 2 heterocycles. The molecule has 2 aliphatic rings. The minimum atomic E-state index is -3.61. The van der Waals surface area contributed by atoms with Crippen molar-refractivity contribution in [2.24, 2.45) is 0 Å². The summed E-state index contributed by atoms with van der Waals surface area (Å²) in [6.45, 7) is 5.73. The largest absolute Gasteiger partial charge is 0.459 e. The first-order valence-corrected chi connectivity index (χ1v) is 13.5. The fourth-order valence-electron chi connectivity index (χ4n) is 5.32. The molecule has 5 rings (SSSR count). The van der Waals surface area contributed by atoms with Crippen molar-refractivity contribution in [3.8, 4) is 0 Å². The highest BCUT2D eigenvalue weighted by molar-refractivity contribution is 7.89. The first-order chi connectivity index (χ1) is 16.9. The van der Waals surface area contributed by atoms with Gasteiger partial charge in [0, 0.05) is 58.1 Å². The third kappa shape index (κ3) is 5.11. The predicted octanol–water partition coefficient (Wildman–Crippen LogP) is 2.96. The van der Waals surface area contributed by atoms with Gasteiger partial charge in [-0.25, -0.2) is 8.42 Å². The number of likely N-dealkylation sites (tertiary alicyclic amines) is 1. The molecule has 3 aromatic rings. The van der Waals surface area contributed by atoms with E-state index in [0.717, 1.165) is 23.9 Å². The summed E-state index contributed by atoms with van der Waals surface area (Å²) in [7, 11) is -3.61. The van der Waals surface area contributed by atoms with Crippen LogP contribution >= 0.6 is 0 Å². The van der Waals surface area contributed by atoms with E-state index < -0.39 is 10.0 Å². The van der Waals surface area contributed by atoms with E-state index >= 15 is 0 Å². The van der Waals surface area contributed by atoms with Crippen LogP contribution in [0.2, 0.25) is 0 Å². The van der Waals surface area contributed by atoms with Gasteiger partial charge in [-0.2, -0.15) is 4.31 Å². The second kappa shape index (κ2) is 10.1. The monoisotopic (exact) mass is 493 g/mol. The van der Waals surface area contributed by atoms with Crippen molar-refractivity contribution >= 4 is 26.8 Å². The Morgan fingerprint density at radius 2 is 1.57 bits per heavy atom. The third-order valence-corrected chi connectivity index (χ3v) is 8.95. The number of carbonyl (C=O) groups excluding carboxylic acids is 1. The van der Waals surface area contributed by atoms with Crippen molar-refractivity contribution in [2.75, 3.05) is 39.3 Å². The van der Waals surface area contributed by atoms with Crippen LogP contribution in [0, 0.1) is 0 Å². The average molecular weight is 494 g/mol. The molecule has 35 heavy (non-hydrogen) atoms. The lowest BCUT2D eigenvalue weighted by atomic mass is 10.1. The molecule has 2 atom stereocenters. The molecule has 3 aromatic carbocycles. The SMILES string of the molecule is CC(=O)O[C@@H]1CN(Cc2ccccc2)C[C@H]1N1CCN(S(=O)(=O)c2cccc3ccccc23)CC1. The molecule has 2 fully saturated rings. The van der Waals surface area contributed by atoms with Gasteiger partial charge in [0.05, 0.1) is 10.9 Å². The highest BCUT2D eigenvalue weighted by Gasteiger charge is 2.41. The van der Waals surface area contributed by atoms with E-state index in [1.54, 1.807) is 16.4 Å². The number of carbonyl (C=O) groups is 1. The predicted molar refractivity (Wildman–Crippen MR) is 135 cm³/mol. The van der Waals surface area contributed by atoms with Crippen LogP contribution in [0.4, 0.5) is 0 Å². The summed E-state index contributed by atoms with van der Waals surface area (Å²) in [5.74, 6) is -0.279. The zero-order chi connectivity index (χ0) is 24.4. The Bertz CT molecular complexity index is 1280. The zero-order valence-electron chi connectivity index (χ0n) is 19.9. The van der Waals surface area contributed by atoms with E-state index in [0.29, 0.717) is 37.6 Å². The Hall–Kier alpha value is -2.78. The van der Waals surface area contributed by atoms with Crippen LogP contribution in [0.15, 0.2) is 77.7 Å². The number of hydrogen-bond acceptors (Lipinski definition) is 6. The Morgan fingerprint density at radius 3 is 2.31 bits per heavy atom. The molecule has 0 amide bonds. The summed E-state index contributed by atoms with van der Waals surface area (Å²) in [4.78, 5) is 16.7. The summed E-state index contributed by atoms with van der Waals surface area (Å²) in [6, 6.07) is 23.3. The minimum Gasteiger partial charge on any atom is -0.459 e. The molecule has 0 radical (unpaired) electrons. The normalized spacial score (nSPS) is 22.4. The van der Waals surface area contributed by atoms with Crippen molar-refractivity contribution in [3.63, 3.8) is 0 Å². The molecule has 2 saturated heterocycles. The summed E-state index contributed by atoms with van der Waals surface area (Å²) in [5, 5.41) is 1.67. The molecular formula is C27H31N3O4S. The van der Waals surface area contributed by atoms with Gasteiger partial charge in [0.25, 0.3) is 0 Å². The molecule has 0 bridgehead atoms. The maximum Gasteiger partial charge on any atom is 0.303 e. The number of hydrogen-bond donors (Lipinski definition) is 0. The van der Waals surface area contributed by atoms with Gasteiger partial charge in [-0.3, -0.25) is 14.6 Å². The van der Waals surface area contributed by atoms with Gasteiger partial charge in [0.1, 0.15) is 6.10 Å². The van der Waals surface area contributed by atoms with Gasteiger partial charge in [-0.15, -0.1) is 0 Å². The van der Waals surface area contributed by atoms with Crippen molar-refractivity contribution in [1.82, 2.24) is 14.1 Å². The van der Waals surface area contributed by atoms with E-state index in [1.807, 2.05) is 48.5 Å². The first-order valence-electron chi connectivity index (χ1n) is 12.1. The summed E-state index contributed by atoms with van der Waals surface area (Å²) >= 11 is 0. The van der Waals surface area contributed by atoms with Crippen molar-refractivity contribution in [2.45, 2.75) is 30.5 Å². The number of nitrogens with zero attached hydrogens (tertiary/aromatic N) is 3. The zero-order valence-corrected chi connectivity index (χ0v) is 20.7. The van der Waals surface area contributed by atoms with Crippen LogP contribution in [-0.4, -0.2) is 79.9 Å². The van der Waals surface area contributed by atoms with E-state index in [1.165, 1.54) is 12.5 Å². The van der Waals surface area contributed by atoms with Crippen LogP contribution in [0.1, 0.15) is 12.5 Å². The van der Waals surface area contributed by atoms with Crippen LogP contribution in [0.5, 0.6) is 0 Å². The summed E-state index contributed by atoms with van der Waals surface area (Å²) in [6.07, 6.45) is -0.225. The molecule has 0 saturated carbocycles. The van der Waals surface area contributed by atoms with E-state index in [9.17, 15) is 13.2 Å². The van der Waals surface area contributed by atoms with Crippen molar-refractivity contribution < 1.29 is 17.9 Å². The Labute approximate surface area is 206 Å². The fourth-order valence-corrected chi connectivity index (χ4v) is 6.95. The number of rotatable bonds is 6. The highest BCUT2D eigenvalue weighted by Crippen LogP contribution is 2.28. The Balaban J connectivity index is 1.29. The summed E-state index contributed by atoms with van der Waals surface area (Å²) in [5.41, 5.74) is 1.22. The van der Waals surface area contributed by atoms with Crippen molar-refractivity contribution in [3.05, 3.63) is 78.4 Å². The lowest BCUT2D eigenvalue weighted by Crippen LogP contribution is -2.55. The topological polar surface area (TPSA) is 70.2 Å². The van der Waals surface area contributed by atoms with Gasteiger partial charge < -0.3 is 4.74 Å². The van der Waals surface area contributed by atoms with Crippen LogP contribution < -0.4 is 0 Å². The van der Waals surface area contributed by atoms with Crippen LogP contribution in [0.25, 0.3) is 10.8 Å². The Morgan fingerprint density at radius 1 is 0.886 bits per heavy atom. The number of piperazine rings is 1. The first kappa shape index (κ1) is 23.9. The van der Waals surface area contributed by atoms with E-state index in [2.05, 4.69) is 21.9 Å². The lowest BCUT2D eigenvalue weighted by molar-refractivity contribution is -0.148. The van der Waals surface area contributed by atoms with Gasteiger partial charge in [0.2, 0.25) is 10.0 Å². The molecule has 0 N–H and O–H groups in total. The summed E-state index contributed by atoms with van der Waals surface area (Å²) < 4.78 is 34.3. The molecule has 2 aliphatic heterocycles. The van der Waals surface area contributed by atoms with E-state index in [4.69, 9.17) is 4.74 Å². The smallest absolute Gasteiger partial charge is 0.303 e. The van der Waals surface area contributed by atoms with Gasteiger partial charge >= 0.3 is 5.97 Å². The number of fused-ring (bicyclic) bond motifs is 1. The maximum atomic E-state index is 13.5. The molecule has 0 aromatic heterocycles. The number of esters is 1. The lowest BCUT2D eigenvalue weighted by Gasteiger charge is -2.38. The molecule has 0 spiro atoms. The number of ether oxygens (including phenoxy) is 1. The highest BCUT2D eigenvalue weighted by atomic mass is 32.2. The minimum absolute atomic E-state index is 0.0463.